The summed E-state index contributed by atoms with van der Waals surface area (Å²) >= 11 is 5.76. The minimum absolute atomic E-state index is 0.242. The summed E-state index contributed by atoms with van der Waals surface area (Å²) in [5.41, 5.74) is 0.872. The maximum atomic E-state index is 10.8. The number of hydrazone groups is 1. The van der Waals surface area contributed by atoms with Gasteiger partial charge in [0.05, 0.1) is 19.9 Å². The van der Waals surface area contributed by atoms with E-state index in [0.717, 1.165) is 5.56 Å². The number of nitro groups is 1. The van der Waals surface area contributed by atoms with Crippen LogP contribution in [0.25, 0.3) is 0 Å². The lowest BCUT2D eigenvalue weighted by atomic mass is 10.2. The van der Waals surface area contributed by atoms with Gasteiger partial charge in [0, 0.05) is 12.7 Å². The third-order valence-electron chi connectivity index (χ3n) is 3.01. The van der Waals surface area contributed by atoms with Gasteiger partial charge >= 0.3 is 0 Å². The van der Waals surface area contributed by atoms with Crippen LogP contribution in [-0.2, 0) is 6.54 Å². The minimum atomic E-state index is -0.711. The first-order valence-corrected chi connectivity index (χ1v) is 6.82. The first kappa shape index (κ1) is 16.0. The third-order valence-corrected chi connectivity index (χ3v) is 3.23. The van der Waals surface area contributed by atoms with Gasteiger partial charge in [-0.1, -0.05) is 23.6 Å². The molecule has 1 aromatic rings. The Balaban J connectivity index is 2.26. The number of halogens is 1. The summed E-state index contributed by atoms with van der Waals surface area (Å²) < 4.78 is 0. The second-order valence-electron chi connectivity index (χ2n) is 4.87. The number of hydrogen-bond acceptors (Lipinski definition) is 4. The van der Waals surface area contributed by atoms with Gasteiger partial charge in [0.15, 0.2) is 5.03 Å². The average Bonchev–Trinajstić information content (AvgIpc) is 2.45. The van der Waals surface area contributed by atoms with Crippen molar-refractivity contribution in [3.63, 3.8) is 0 Å². The number of aromatic nitrogens is 1. The Hall–Kier alpha value is -2.37. The van der Waals surface area contributed by atoms with E-state index in [1.54, 1.807) is 22.1 Å². The van der Waals surface area contributed by atoms with Gasteiger partial charge < -0.3 is 9.80 Å². The molecule has 1 aromatic heterocycles. The number of pyridine rings is 1. The minimum Gasteiger partial charge on any atom is -0.320 e. The van der Waals surface area contributed by atoms with E-state index in [1.165, 1.54) is 0 Å². The average molecular weight is 323 g/mol. The van der Waals surface area contributed by atoms with E-state index in [9.17, 15) is 10.1 Å². The first-order valence-electron chi connectivity index (χ1n) is 6.45. The van der Waals surface area contributed by atoms with E-state index in [1.807, 2.05) is 18.0 Å². The van der Waals surface area contributed by atoms with Gasteiger partial charge in [0.1, 0.15) is 10.3 Å². The molecule has 1 aliphatic rings. The Morgan fingerprint density at radius 1 is 1.50 bits per heavy atom. The Bertz CT molecular complexity index is 612. The molecule has 9 heteroatoms. The molecule has 0 unspecified atom stereocenters. The summed E-state index contributed by atoms with van der Waals surface area (Å²) in [4.78, 5) is 20.3. The maximum Gasteiger partial charge on any atom is 0.277 e. The zero-order valence-electron chi connectivity index (χ0n) is 12.0. The number of nitrogens with zero attached hydrogens (tertiary/aromatic N) is 6. The summed E-state index contributed by atoms with van der Waals surface area (Å²) in [6, 6.07) is 3.49. The van der Waals surface area contributed by atoms with Crippen molar-refractivity contribution in [3.8, 4) is 12.3 Å². The molecule has 2 rings (SSSR count). The van der Waals surface area contributed by atoms with Crippen LogP contribution >= 0.6 is 11.6 Å². The Morgan fingerprint density at radius 2 is 2.23 bits per heavy atom. The van der Waals surface area contributed by atoms with Crippen molar-refractivity contribution in [2.75, 3.05) is 26.9 Å². The molecule has 0 saturated carbocycles. The monoisotopic (exact) mass is 322 g/mol. The van der Waals surface area contributed by atoms with Crippen LogP contribution in [-0.4, -0.2) is 57.6 Å². The van der Waals surface area contributed by atoms with Crippen LogP contribution < -0.4 is 0 Å². The van der Waals surface area contributed by atoms with Crippen molar-refractivity contribution in [2.45, 2.75) is 6.54 Å². The topological polar surface area (TPSA) is 78.1 Å². The maximum absolute atomic E-state index is 10.8. The highest BCUT2D eigenvalue weighted by atomic mass is 35.5. The molecule has 1 aliphatic heterocycles. The highest BCUT2D eigenvalue weighted by molar-refractivity contribution is 6.29. The molecular formula is C13H15ClN6O2. The number of guanidine groups is 1. The van der Waals surface area contributed by atoms with E-state index in [4.69, 9.17) is 18.0 Å². The smallest absolute Gasteiger partial charge is 0.277 e. The molecule has 22 heavy (non-hydrogen) atoms. The van der Waals surface area contributed by atoms with Crippen molar-refractivity contribution in [1.29, 1.82) is 0 Å². The van der Waals surface area contributed by atoms with E-state index < -0.39 is 5.03 Å². The summed E-state index contributed by atoms with van der Waals surface area (Å²) in [7, 11) is 1.90. The van der Waals surface area contributed by atoms with Crippen LogP contribution in [0, 0.1) is 22.5 Å². The molecule has 0 aromatic carbocycles. The quantitative estimate of drug-likeness (QED) is 0.354. The zero-order valence-corrected chi connectivity index (χ0v) is 12.8. The molecule has 2 heterocycles. The molecule has 1 saturated heterocycles. The molecule has 0 spiro atoms. The third kappa shape index (κ3) is 4.07. The summed E-state index contributed by atoms with van der Waals surface area (Å²) in [5, 5.41) is 14.0. The van der Waals surface area contributed by atoms with Crippen molar-refractivity contribution in [1.82, 2.24) is 19.7 Å². The van der Waals surface area contributed by atoms with Gasteiger partial charge in [-0.2, -0.15) is 0 Å². The first-order chi connectivity index (χ1) is 10.5. The Labute approximate surface area is 133 Å². The van der Waals surface area contributed by atoms with Gasteiger partial charge in [0.25, 0.3) is 5.96 Å². The Morgan fingerprint density at radius 3 is 2.82 bits per heavy atom. The molecular weight excluding hydrogens is 308 g/mol. The van der Waals surface area contributed by atoms with Gasteiger partial charge in [-0.15, -0.1) is 6.42 Å². The van der Waals surface area contributed by atoms with Crippen LogP contribution in [0.15, 0.2) is 23.4 Å². The van der Waals surface area contributed by atoms with E-state index in [0.29, 0.717) is 25.0 Å². The molecule has 0 amide bonds. The molecule has 8 nitrogen and oxygen atoms in total. The van der Waals surface area contributed by atoms with Crippen LogP contribution in [0.4, 0.5) is 0 Å². The zero-order chi connectivity index (χ0) is 16.1. The van der Waals surface area contributed by atoms with Crippen LogP contribution in [0.5, 0.6) is 0 Å². The number of hydrogen-bond donors (Lipinski definition) is 0. The predicted molar refractivity (Wildman–Crippen MR) is 82.3 cm³/mol. The highest BCUT2D eigenvalue weighted by Crippen LogP contribution is 2.14. The second kappa shape index (κ2) is 7.06. The fourth-order valence-corrected chi connectivity index (χ4v) is 2.34. The molecule has 0 N–H and O–H groups in total. The van der Waals surface area contributed by atoms with E-state index >= 15 is 0 Å². The Kier molecular flexibility index (Phi) is 5.14. The van der Waals surface area contributed by atoms with Crippen LogP contribution in [0.3, 0.4) is 0 Å². The fraction of sp³-hybridized carbons (Fsp3) is 0.385. The lowest BCUT2D eigenvalue weighted by Crippen LogP contribution is -2.57. The molecule has 1 fully saturated rings. The lowest BCUT2D eigenvalue weighted by Gasteiger charge is -2.41. The summed E-state index contributed by atoms with van der Waals surface area (Å²) in [6.45, 7) is 1.64. The van der Waals surface area contributed by atoms with Gasteiger partial charge in [0.2, 0.25) is 0 Å². The number of rotatable bonds is 4. The predicted octanol–water partition coefficient (Wildman–Crippen LogP) is 0.880. The summed E-state index contributed by atoms with van der Waals surface area (Å²) in [5.74, 6) is 2.74. The molecule has 0 atom stereocenters. The van der Waals surface area contributed by atoms with Crippen molar-refractivity contribution < 1.29 is 5.03 Å². The van der Waals surface area contributed by atoms with Gasteiger partial charge in [-0.25, -0.2) is 15.1 Å². The highest BCUT2D eigenvalue weighted by Gasteiger charge is 2.29. The van der Waals surface area contributed by atoms with Crippen molar-refractivity contribution >= 4 is 17.6 Å². The molecule has 116 valence electrons. The van der Waals surface area contributed by atoms with E-state index in [2.05, 4.69) is 16.0 Å². The fourth-order valence-electron chi connectivity index (χ4n) is 2.23. The SMILES string of the molecule is C#CCN1CN(C)CN(Cc2ccc(Cl)nc2)/C1=N\[N+](=O)[O-]. The van der Waals surface area contributed by atoms with Gasteiger partial charge in [-0.3, -0.25) is 4.90 Å². The molecule has 0 bridgehead atoms. The van der Waals surface area contributed by atoms with E-state index in [-0.39, 0.29) is 12.5 Å². The molecule has 0 radical (unpaired) electrons. The second-order valence-corrected chi connectivity index (χ2v) is 5.25. The standard InChI is InChI=1S/C13H15ClN6O2/c1-3-6-18-9-17(2)10-19(13(18)16-20(21)22)8-11-4-5-12(14)15-7-11/h1,4-5,7H,6,8-10H2,2H3/b16-13-. The largest absolute Gasteiger partial charge is 0.320 e. The van der Waals surface area contributed by atoms with Crippen molar-refractivity contribution in [3.05, 3.63) is 39.2 Å². The lowest BCUT2D eigenvalue weighted by molar-refractivity contribution is -0.486. The van der Waals surface area contributed by atoms with Crippen LogP contribution in [0.1, 0.15) is 5.56 Å². The van der Waals surface area contributed by atoms with Crippen LogP contribution in [0.2, 0.25) is 5.15 Å². The van der Waals surface area contributed by atoms with Gasteiger partial charge in [-0.05, 0) is 18.7 Å². The number of terminal acetylenes is 1. The molecule has 0 aliphatic carbocycles. The van der Waals surface area contributed by atoms with Crippen molar-refractivity contribution in [2.24, 2.45) is 5.10 Å². The summed E-state index contributed by atoms with van der Waals surface area (Å²) in [6.07, 6.45) is 6.97. The normalized spacial score (nSPS) is 17.6.